The van der Waals surface area contributed by atoms with Crippen molar-refractivity contribution >= 4 is 29.5 Å². The van der Waals surface area contributed by atoms with Crippen LogP contribution in [0.25, 0.3) is 0 Å². The average Bonchev–Trinajstić information content (AvgIpc) is 3.26. The van der Waals surface area contributed by atoms with E-state index in [4.69, 9.17) is 9.84 Å². The zero-order valence-electron chi connectivity index (χ0n) is 22.6. The standard InChI is InChI=1S/C29H35N5O6/c1-19(30-29(38)39)20-3-6-23(7-4-20)40-16-2-11-32-12-14-33(15-13-32)22-5-8-24-21(17-22)18-34(28(24)37)25-9-10-26(35)31-27(25)36/h3-8,17,19,25,30H,2,9-16,18H2,1H3,(H,38,39)(H,31,35,36). The predicted molar refractivity (Wildman–Crippen MR) is 147 cm³/mol. The Balaban J connectivity index is 1.05. The van der Waals surface area contributed by atoms with Gasteiger partial charge in [0.2, 0.25) is 11.8 Å². The maximum absolute atomic E-state index is 13.0. The van der Waals surface area contributed by atoms with Crippen molar-refractivity contribution in [3.05, 3.63) is 59.2 Å². The fourth-order valence-electron chi connectivity index (χ4n) is 5.59. The molecular formula is C29H35N5O6. The van der Waals surface area contributed by atoms with E-state index in [1.54, 1.807) is 11.8 Å². The van der Waals surface area contributed by atoms with Gasteiger partial charge in [-0.05, 0) is 61.2 Å². The number of hydrogen-bond acceptors (Lipinski definition) is 7. The number of nitrogens with one attached hydrogen (secondary N) is 2. The molecule has 3 aliphatic heterocycles. The lowest BCUT2D eigenvalue weighted by Gasteiger charge is -2.36. The molecule has 11 heteroatoms. The Kier molecular flexibility index (Phi) is 8.20. The number of benzene rings is 2. The summed E-state index contributed by atoms with van der Waals surface area (Å²) >= 11 is 0. The van der Waals surface area contributed by atoms with Gasteiger partial charge in [0.25, 0.3) is 5.91 Å². The Morgan fingerprint density at radius 2 is 1.85 bits per heavy atom. The number of hydrogen-bond donors (Lipinski definition) is 3. The van der Waals surface area contributed by atoms with Crippen molar-refractivity contribution in [3.8, 4) is 5.75 Å². The lowest BCUT2D eigenvalue weighted by molar-refractivity contribution is -0.136. The van der Waals surface area contributed by atoms with Gasteiger partial charge in [-0.3, -0.25) is 24.6 Å². The van der Waals surface area contributed by atoms with Gasteiger partial charge >= 0.3 is 6.09 Å². The van der Waals surface area contributed by atoms with Gasteiger partial charge in [-0.25, -0.2) is 4.79 Å². The SMILES string of the molecule is CC(NC(=O)O)c1ccc(OCCCN2CCN(c3ccc4c(c3)CN(C3CCC(=O)NC3=O)C4=O)CC2)cc1. The molecule has 0 aliphatic carbocycles. The topological polar surface area (TPSA) is 132 Å². The smallest absolute Gasteiger partial charge is 0.405 e. The quantitative estimate of drug-likeness (QED) is 0.321. The Bertz CT molecular complexity index is 1270. The van der Waals surface area contributed by atoms with Crippen LogP contribution in [0.4, 0.5) is 10.5 Å². The molecule has 3 N–H and O–H groups in total. The van der Waals surface area contributed by atoms with E-state index in [-0.39, 0.29) is 24.3 Å². The van der Waals surface area contributed by atoms with E-state index in [0.717, 1.165) is 61.7 Å². The molecule has 11 nitrogen and oxygen atoms in total. The van der Waals surface area contributed by atoms with Gasteiger partial charge in [-0.2, -0.15) is 0 Å². The Hall–Kier alpha value is -4.12. The Labute approximate surface area is 233 Å². The number of rotatable bonds is 9. The molecule has 5 rings (SSSR count). The minimum absolute atomic E-state index is 0.149. The van der Waals surface area contributed by atoms with Crippen LogP contribution in [0.5, 0.6) is 5.75 Å². The van der Waals surface area contributed by atoms with Gasteiger partial charge in [0.1, 0.15) is 11.8 Å². The van der Waals surface area contributed by atoms with Crippen LogP contribution in [0.2, 0.25) is 0 Å². The second-order valence-electron chi connectivity index (χ2n) is 10.5. The average molecular weight is 550 g/mol. The van der Waals surface area contributed by atoms with Crippen LogP contribution in [0.3, 0.4) is 0 Å². The molecule has 3 heterocycles. The van der Waals surface area contributed by atoms with Crippen molar-refractivity contribution in [1.29, 1.82) is 0 Å². The summed E-state index contributed by atoms with van der Waals surface area (Å²) in [6.07, 6.45) is 0.465. The highest BCUT2D eigenvalue weighted by molar-refractivity contribution is 6.05. The van der Waals surface area contributed by atoms with E-state index < -0.39 is 18.0 Å². The molecule has 212 valence electrons. The minimum Gasteiger partial charge on any atom is -0.494 e. The summed E-state index contributed by atoms with van der Waals surface area (Å²) in [5, 5.41) is 13.6. The van der Waals surface area contributed by atoms with Crippen LogP contribution in [0.15, 0.2) is 42.5 Å². The molecule has 4 amide bonds. The largest absolute Gasteiger partial charge is 0.494 e. The highest BCUT2D eigenvalue weighted by Crippen LogP contribution is 2.31. The number of piperazine rings is 1. The van der Waals surface area contributed by atoms with Crippen LogP contribution in [0, 0.1) is 0 Å². The number of fused-ring (bicyclic) bond motifs is 1. The summed E-state index contributed by atoms with van der Waals surface area (Å²) in [4.78, 5) is 53.9. The molecule has 0 saturated carbocycles. The summed E-state index contributed by atoms with van der Waals surface area (Å²) in [5.74, 6) is -0.0589. The number of carbonyl (C=O) groups excluding carboxylic acids is 3. The third-order valence-corrected chi connectivity index (χ3v) is 7.85. The second kappa shape index (κ2) is 12.0. The molecule has 0 radical (unpaired) electrons. The fraction of sp³-hybridized carbons (Fsp3) is 0.448. The van der Waals surface area contributed by atoms with Gasteiger partial charge in [-0.15, -0.1) is 0 Å². The van der Waals surface area contributed by atoms with E-state index in [0.29, 0.717) is 25.1 Å². The van der Waals surface area contributed by atoms with E-state index in [9.17, 15) is 19.2 Å². The first-order valence-electron chi connectivity index (χ1n) is 13.8. The molecule has 0 aromatic heterocycles. The second-order valence-corrected chi connectivity index (χ2v) is 10.5. The molecule has 40 heavy (non-hydrogen) atoms. The van der Waals surface area contributed by atoms with E-state index >= 15 is 0 Å². The van der Waals surface area contributed by atoms with Gasteiger partial charge in [0.05, 0.1) is 12.6 Å². The normalized spacial score (nSPS) is 20.2. The van der Waals surface area contributed by atoms with Crippen molar-refractivity contribution in [2.24, 2.45) is 0 Å². The Morgan fingerprint density at radius 3 is 2.55 bits per heavy atom. The van der Waals surface area contributed by atoms with E-state index in [2.05, 4.69) is 26.5 Å². The summed E-state index contributed by atoms with van der Waals surface area (Å²) in [6, 6.07) is 12.5. The van der Waals surface area contributed by atoms with E-state index in [1.165, 1.54) is 0 Å². The van der Waals surface area contributed by atoms with Gasteiger partial charge < -0.3 is 25.0 Å². The predicted octanol–water partition coefficient (Wildman–Crippen LogP) is 2.37. The molecule has 2 atom stereocenters. The first kappa shape index (κ1) is 27.4. The van der Waals surface area contributed by atoms with Crippen LogP contribution < -0.4 is 20.3 Å². The van der Waals surface area contributed by atoms with Crippen molar-refractivity contribution in [2.75, 3.05) is 44.2 Å². The molecule has 2 aromatic rings. The maximum atomic E-state index is 13.0. The fourth-order valence-corrected chi connectivity index (χ4v) is 5.59. The molecule has 2 aromatic carbocycles. The van der Waals surface area contributed by atoms with Crippen molar-refractivity contribution in [3.63, 3.8) is 0 Å². The summed E-state index contributed by atoms with van der Waals surface area (Å²) < 4.78 is 5.87. The number of ether oxygens (including phenoxy) is 1. The lowest BCUT2D eigenvalue weighted by atomic mass is 10.0. The lowest BCUT2D eigenvalue weighted by Crippen LogP contribution is -2.52. The first-order chi connectivity index (χ1) is 19.3. The molecule has 2 fully saturated rings. The number of nitrogens with zero attached hydrogens (tertiary/aromatic N) is 3. The van der Waals surface area contributed by atoms with E-state index in [1.807, 2.05) is 36.4 Å². The summed E-state index contributed by atoms with van der Waals surface area (Å²) in [7, 11) is 0. The summed E-state index contributed by atoms with van der Waals surface area (Å²) in [5.41, 5.74) is 3.52. The number of carbonyl (C=O) groups is 4. The third kappa shape index (κ3) is 6.20. The van der Waals surface area contributed by atoms with Crippen molar-refractivity contribution in [2.45, 2.75) is 44.8 Å². The van der Waals surface area contributed by atoms with Crippen LogP contribution >= 0.6 is 0 Å². The van der Waals surface area contributed by atoms with Crippen LogP contribution in [0.1, 0.15) is 53.7 Å². The zero-order chi connectivity index (χ0) is 28.2. The van der Waals surface area contributed by atoms with Gasteiger partial charge in [-0.1, -0.05) is 12.1 Å². The molecule has 0 spiro atoms. The number of imide groups is 1. The number of amides is 4. The highest BCUT2D eigenvalue weighted by Gasteiger charge is 2.39. The first-order valence-corrected chi connectivity index (χ1v) is 13.8. The molecular weight excluding hydrogens is 514 g/mol. The van der Waals surface area contributed by atoms with Crippen molar-refractivity contribution in [1.82, 2.24) is 20.4 Å². The number of anilines is 1. The van der Waals surface area contributed by atoms with Gasteiger partial charge in [0.15, 0.2) is 0 Å². The molecule has 2 unspecified atom stereocenters. The number of carboxylic acid groups (broad SMARTS) is 1. The number of piperidine rings is 1. The zero-order valence-corrected chi connectivity index (χ0v) is 22.6. The Morgan fingerprint density at radius 1 is 1.10 bits per heavy atom. The molecule has 0 bridgehead atoms. The summed E-state index contributed by atoms with van der Waals surface area (Å²) in [6.45, 7) is 7.35. The minimum atomic E-state index is -1.05. The highest BCUT2D eigenvalue weighted by atomic mass is 16.5. The van der Waals surface area contributed by atoms with Crippen LogP contribution in [-0.2, 0) is 16.1 Å². The van der Waals surface area contributed by atoms with Crippen molar-refractivity contribution < 1.29 is 29.0 Å². The monoisotopic (exact) mass is 549 g/mol. The third-order valence-electron chi connectivity index (χ3n) is 7.85. The molecule has 3 aliphatic rings. The molecule has 2 saturated heterocycles. The van der Waals surface area contributed by atoms with Gasteiger partial charge in [0, 0.05) is 56.9 Å². The maximum Gasteiger partial charge on any atom is 0.405 e. The van der Waals surface area contributed by atoms with Crippen LogP contribution in [-0.4, -0.2) is 84.1 Å².